The number of rotatable bonds is 17. The van der Waals surface area contributed by atoms with Crippen molar-refractivity contribution in [3.8, 4) is 0 Å². The maximum Gasteiger partial charge on any atom is 0.195 e. The molecule has 0 aromatic heterocycles. The summed E-state index contributed by atoms with van der Waals surface area (Å²) < 4.78 is 6.92. The zero-order valence-corrected chi connectivity index (χ0v) is 24.1. The number of ketones is 1. The van der Waals surface area contributed by atoms with Gasteiger partial charge in [-0.2, -0.15) is 0 Å². The van der Waals surface area contributed by atoms with Gasteiger partial charge >= 0.3 is 0 Å². The second-order valence-corrected chi connectivity index (χ2v) is 17.0. The van der Waals surface area contributed by atoms with Crippen LogP contribution in [0.3, 0.4) is 0 Å². The lowest BCUT2D eigenvalue weighted by Gasteiger charge is -2.40. The minimum absolute atomic E-state index is 0.271. The summed E-state index contributed by atoms with van der Waals surface area (Å²) in [6.07, 6.45) is 10.8. The van der Waals surface area contributed by atoms with Gasteiger partial charge in [-0.3, -0.25) is 4.79 Å². The molecule has 2 rings (SSSR count). The highest BCUT2D eigenvalue weighted by molar-refractivity contribution is 6.88. The molecule has 3 nitrogen and oxygen atoms in total. The van der Waals surface area contributed by atoms with Crippen LogP contribution in [0.1, 0.15) is 22.0 Å². The largest absolute Gasteiger partial charge is 0.453 e. The van der Waals surface area contributed by atoms with E-state index in [4.69, 9.17) is 4.12 Å². The van der Waals surface area contributed by atoms with E-state index in [1.165, 1.54) is 0 Å². The topological polar surface area (TPSA) is 46.5 Å². The Kier molecular flexibility index (Phi) is 15.0. The molecule has 2 aromatic carbocycles. The number of aliphatic hydroxyl groups is 1. The third kappa shape index (κ3) is 10.4. The minimum Gasteiger partial charge on any atom is -0.453 e. The normalized spacial score (nSPS) is 11.7. The predicted octanol–water partition coefficient (Wildman–Crippen LogP) is 8.61. The molecule has 0 radical (unpaired) electrons. The van der Waals surface area contributed by atoms with E-state index in [9.17, 15) is 9.90 Å². The van der Waals surface area contributed by atoms with Crippen molar-refractivity contribution in [2.45, 2.75) is 42.4 Å². The van der Waals surface area contributed by atoms with Crippen LogP contribution >= 0.6 is 0 Å². The predicted molar refractivity (Wildman–Crippen MR) is 165 cm³/mol. The van der Waals surface area contributed by atoms with Crippen LogP contribution < -0.4 is 0 Å². The minimum atomic E-state index is -1.98. The van der Waals surface area contributed by atoms with E-state index in [0.29, 0.717) is 11.1 Å². The molecule has 5 heteroatoms. The summed E-state index contributed by atoms with van der Waals surface area (Å²) in [5.41, 5.74) is 1.15. The molecule has 37 heavy (non-hydrogen) atoms. The van der Waals surface area contributed by atoms with E-state index in [2.05, 4.69) is 39.5 Å². The fraction of sp³-hybridized carbons (Fsp3) is 0.219. The van der Waals surface area contributed by atoms with Crippen LogP contribution in [0.4, 0.5) is 0 Å². The van der Waals surface area contributed by atoms with Crippen molar-refractivity contribution in [3.05, 3.63) is 148 Å². The van der Waals surface area contributed by atoms with Gasteiger partial charge in [0, 0.05) is 5.56 Å². The van der Waals surface area contributed by atoms with Crippen molar-refractivity contribution in [1.82, 2.24) is 0 Å². The zero-order chi connectivity index (χ0) is 27.6. The molecule has 0 fully saturated rings. The molecule has 1 N–H and O–H groups in total. The highest BCUT2D eigenvalue weighted by atomic mass is 28.4. The van der Waals surface area contributed by atoms with E-state index < -0.39 is 22.7 Å². The molecule has 0 heterocycles. The molecule has 1 atom stereocenters. The van der Waals surface area contributed by atoms with Crippen molar-refractivity contribution < 1.29 is 14.0 Å². The number of allylic oxidation sites excluding steroid dienone is 6. The number of benzene rings is 2. The van der Waals surface area contributed by atoms with Gasteiger partial charge in [0.05, 0.1) is 0 Å². The third-order valence-electron chi connectivity index (χ3n) is 5.95. The summed E-state index contributed by atoms with van der Waals surface area (Å²) in [6.45, 7) is 23.5. The average Bonchev–Trinajstić information content (AvgIpc) is 2.90. The molecular weight excluding hydrogens is 489 g/mol. The van der Waals surface area contributed by atoms with Gasteiger partial charge in [-0.05, 0) is 41.8 Å². The van der Waals surface area contributed by atoms with Gasteiger partial charge in [0.2, 0.25) is 0 Å². The Bertz CT molecular complexity index is 926. The molecule has 0 bridgehead atoms. The summed E-state index contributed by atoms with van der Waals surface area (Å²) in [5, 5.41) is 9.89. The van der Waals surface area contributed by atoms with Gasteiger partial charge in [0.15, 0.2) is 22.4 Å². The summed E-state index contributed by atoms with van der Waals surface area (Å²) in [5.74, 6) is -0.271. The first-order valence-corrected chi connectivity index (χ1v) is 17.6. The fourth-order valence-corrected chi connectivity index (χ4v) is 14.2. The monoisotopic (exact) mass is 530 g/mol. The maximum absolute atomic E-state index is 11.9. The Morgan fingerprint density at radius 2 is 0.973 bits per heavy atom. The van der Waals surface area contributed by atoms with Crippen LogP contribution in [-0.4, -0.2) is 27.5 Å². The van der Waals surface area contributed by atoms with Crippen LogP contribution in [0.15, 0.2) is 137 Å². The number of hydrogen-bond acceptors (Lipinski definition) is 3. The van der Waals surface area contributed by atoms with E-state index in [0.717, 1.165) is 36.3 Å². The molecule has 0 aliphatic carbocycles. The first kappa shape index (κ1) is 31.9. The van der Waals surface area contributed by atoms with Crippen LogP contribution in [-0.2, 0) is 4.12 Å². The van der Waals surface area contributed by atoms with Crippen molar-refractivity contribution >= 4 is 22.4 Å². The molecule has 0 spiro atoms. The Morgan fingerprint density at radius 3 is 1.30 bits per heavy atom. The summed E-state index contributed by atoms with van der Waals surface area (Å²) in [7, 11) is -3.96. The Labute approximate surface area is 226 Å². The zero-order valence-electron chi connectivity index (χ0n) is 22.1. The quantitative estimate of drug-likeness (QED) is 0.126. The van der Waals surface area contributed by atoms with Crippen LogP contribution in [0.5, 0.6) is 0 Å². The lowest BCUT2D eigenvalue weighted by atomic mass is 10.0. The molecule has 0 saturated heterocycles. The van der Waals surface area contributed by atoms with Crippen LogP contribution in [0.25, 0.3) is 0 Å². The highest BCUT2D eigenvalue weighted by Gasteiger charge is 2.41. The molecule has 196 valence electrons. The van der Waals surface area contributed by atoms with Crippen molar-refractivity contribution in [1.29, 1.82) is 0 Å². The summed E-state index contributed by atoms with van der Waals surface area (Å²) in [4.78, 5) is 11.9. The molecule has 0 amide bonds. The number of carbonyl (C=O) groups is 1. The van der Waals surface area contributed by atoms with Gasteiger partial charge in [-0.1, -0.05) is 97.1 Å². The Morgan fingerprint density at radius 1 is 0.649 bits per heavy atom. The first-order valence-electron chi connectivity index (χ1n) is 12.5. The molecule has 2 aromatic rings. The van der Waals surface area contributed by atoms with Crippen molar-refractivity contribution in [2.75, 3.05) is 0 Å². The van der Waals surface area contributed by atoms with E-state index in [1.807, 2.05) is 48.6 Å². The van der Waals surface area contributed by atoms with Crippen molar-refractivity contribution in [3.63, 3.8) is 0 Å². The molecular formula is C32H42O3Si2. The van der Waals surface area contributed by atoms with Gasteiger partial charge in [-0.15, -0.1) is 39.5 Å². The number of Topliss-reactive ketones (excluding diaryl/α,β-unsaturated/α-hetero) is 1. The highest BCUT2D eigenvalue weighted by Crippen LogP contribution is 2.34. The lowest BCUT2D eigenvalue weighted by Crippen LogP contribution is -2.50. The van der Waals surface area contributed by atoms with E-state index in [1.54, 1.807) is 48.5 Å². The van der Waals surface area contributed by atoms with Gasteiger partial charge < -0.3 is 9.22 Å². The van der Waals surface area contributed by atoms with Gasteiger partial charge in [0.25, 0.3) is 0 Å². The van der Waals surface area contributed by atoms with Gasteiger partial charge in [0.1, 0.15) is 6.10 Å². The summed E-state index contributed by atoms with van der Waals surface area (Å²) >= 11 is 0. The summed E-state index contributed by atoms with van der Waals surface area (Å²) in [6, 6.07) is 23.3. The lowest BCUT2D eigenvalue weighted by molar-refractivity contribution is 0.0747. The Balaban J connectivity index is 0.000000381. The molecule has 0 saturated carbocycles. The first-order chi connectivity index (χ1) is 17.9. The van der Waals surface area contributed by atoms with Gasteiger partial charge in [-0.25, -0.2) is 0 Å². The molecule has 1 unspecified atom stereocenters. The number of hydrogen-bond donors (Lipinski definition) is 1. The SMILES string of the molecule is C=CC[Si](CC=C)(CC=C)O[Si](CC=C)(CC=C)CC=C.O=C(c1ccccc1)C(O)c1ccccc1. The third-order valence-corrected chi connectivity index (χ3v) is 15.6. The average molecular weight is 531 g/mol. The number of aliphatic hydroxyl groups excluding tert-OH is 1. The van der Waals surface area contributed by atoms with Crippen LogP contribution in [0.2, 0.25) is 36.3 Å². The molecule has 0 aliphatic rings. The van der Waals surface area contributed by atoms with E-state index in [-0.39, 0.29) is 5.78 Å². The number of carbonyl (C=O) groups excluding carboxylic acids is 1. The van der Waals surface area contributed by atoms with Crippen LogP contribution in [0, 0.1) is 0 Å². The van der Waals surface area contributed by atoms with E-state index >= 15 is 0 Å². The standard InChI is InChI=1S/C18H30OSi2.C14H12O2/c1-7-13-20(14-8-2,15-9-3)19-21(16-10-4,17-11-5)18-12-6;15-13(11-7-3-1-4-8-11)14(16)12-9-5-2-6-10-12/h7-12H,1-6,13-18H2;1-10,13,15H. The maximum atomic E-state index is 11.9. The Hall–Kier alpha value is -3.10. The second kappa shape index (κ2) is 17.4. The fourth-order valence-electron chi connectivity index (χ4n) is 4.33. The molecule has 0 aliphatic heterocycles. The van der Waals surface area contributed by atoms with Crippen molar-refractivity contribution in [2.24, 2.45) is 0 Å². The smallest absolute Gasteiger partial charge is 0.195 e. The second-order valence-electron chi connectivity index (χ2n) is 8.97.